The lowest BCUT2D eigenvalue weighted by Crippen LogP contribution is -2.64. The number of aliphatic hydroxyl groups is 8. The minimum absolute atomic E-state index is 0.00589. The van der Waals surface area contributed by atoms with Crippen LogP contribution in [0.1, 0.15) is 74.7 Å². The second kappa shape index (κ2) is 34.4. The summed E-state index contributed by atoms with van der Waals surface area (Å²) in [4.78, 5) is 104. The Bertz CT molecular complexity index is 3200. The quantitative estimate of drug-likeness (QED) is 0.0318. The monoisotopic (exact) mass is 1360 g/mol. The number of rotatable bonds is 25. The number of nitrogens with one attached hydrogen (secondary N) is 6. The standard InChI is InChI=1S/C60H84N10O22S2/c1-31-27-70-50(51(31)79)56(84)62-26-38(74)24-41(63-52(80)34-9-11-35(12-10-34)57-67-68-58(93-57)36-13-15-40(16-14-36)91-21-7-5-4-6-20-90-3)53(81)64-47(32(2)73)59(85)69-28-39(75)25-42(69)54(82)65-48(45(78)22-33-8-17-43(76)46(23-33)92-94(87,88)89)55(83)66-49(60(70)86)44(77)18-19-61-37(29-71)30-72/h8-17,23,31-32,37-39,41-42,44-45,47-51,61,71-79,87-89H,4-7,18-22,24-30H2,1-3H3,(H,62,84)(H,63,80)(H,64,81)(H,65,82)(H,66,83)/t31-,32+,38+,39+,41?,42-,44+,45+,47-,48-,49-,50-,51-/m0/s1. The van der Waals surface area contributed by atoms with Gasteiger partial charge in [-0.3, -0.25) is 47.2 Å². The lowest BCUT2D eigenvalue weighted by molar-refractivity contribution is -0.147. The van der Waals surface area contributed by atoms with Gasteiger partial charge in [-0.15, -0.1) is 10.2 Å². The Morgan fingerprint density at radius 2 is 1.35 bits per heavy atom. The van der Waals surface area contributed by atoms with Gasteiger partial charge in [0, 0.05) is 75.2 Å². The van der Waals surface area contributed by atoms with E-state index in [0.29, 0.717) is 27.9 Å². The molecule has 3 saturated heterocycles. The maximum atomic E-state index is 14.9. The van der Waals surface area contributed by atoms with Crippen LogP contribution in [0.25, 0.3) is 21.1 Å². The van der Waals surface area contributed by atoms with Crippen LogP contribution in [0.4, 0.5) is 0 Å². The maximum Gasteiger partial charge on any atom is 0.266 e. The number of unbranched alkanes of at least 4 members (excludes halogenated alkanes) is 3. The molecule has 13 atom stereocenters. The van der Waals surface area contributed by atoms with Gasteiger partial charge in [-0.25, -0.2) is 0 Å². The minimum Gasteiger partial charge on any atom is -0.504 e. The number of benzene rings is 3. The molecule has 518 valence electrons. The third kappa shape index (κ3) is 20.1. The number of fused-ring (bicyclic) bond motifs is 2. The Kier molecular flexibility index (Phi) is 27.1. The van der Waals surface area contributed by atoms with Crippen molar-refractivity contribution in [2.75, 3.05) is 59.7 Å². The molecule has 18 N–H and O–H groups in total. The van der Waals surface area contributed by atoms with E-state index in [1.807, 2.05) is 24.3 Å². The Labute approximate surface area is 546 Å². The first kappa shape index (κ1) is 74.1. The predicted octanol–water partition coefficient (Wildman–Crippen LogP) is -2.04. The van der Waals surface area contributed by atoms with Crippen LogP contribution in [0.2, 0.25) is 0 Å². The van der Waals surface area contributed by atoms with Crippen LogP contribution in [-0.2, 0) is 39.9 Å². The normalized spacial score (nSPS) is 24.8. The van der Waals surface area contributed by atoms with E-state index in [2.05, 4.69) is 46.3 Å². The summed E-state index contributed by atoms with van der Waals surface area (Å²) in [5.74, 6) is -9.83. The Hall–Kier alpha value is -7.26. The van der Waals surface area contributed by atoms with Gasteiger partial charge in [0.2, 0.25) is 35.4 Å². The summed E-state index contributed by atoms with van der Waals surface area (Å²) in [7, 11) is 1.68. The topological polar surface area (TPSA) is 494 Å². The van der Waals surface area contributed by atoms with Crippen LogP contribution in [0, 0.1) is 5.92 Å². The number of nitrogens with zero attached hydrogens (tertiary/aromatic N) is 4. The number of aromatic hydroxyl groups is 1. The van der Waals surface area contributed by atoms with Crippen molar-refractivity contribution in [1.82, 2.24) is 51.9 Å². The van der Waals surface area contributed by atoms with E-state index in [1.54, 1.807) is 19.2 Å². The maximum absolute atomic E-state index is 14.9. The molecule has 0 bridgehead atoms. The fourth-order valence-electron chi connectivity index (χ4n) is 11.0. The van der Waals surface area contributed by atoms with Gasteiger partial charge < -0.3 is 101 Å². The van der Waals surface area contributed by atoms with Crippen LogP contribution in [0.3, 0.4) is 0 Å². The van der Waals surface area contributed by atoms with Gasteiger partial charge in [0.05, 0.1) is 62.5 Å². The highest BCUT2D eigenvalue weighted by Gasteiger charge is 2.50. The molecule has 4 heterocycles. The average Bonchev–Trinajstić information content (AvgIpc) is 1.61. The number of ether oxygens (including phenoxy) is 2. The number of carbonyl (C=O) groups is 7. The Morgan fingerprint density at radius 3 is 1.98 bits per heavy atom. The summed E-state index contributed by atoms with van der Waals surface area (Å²) in [6, 6.07) is 3.89. The van der Waals surface area contributed by atoms with Crippen molar-refractivity contribution in [3.05, 3.63) is 77.9 Å². The molecule has 94 heavy (non-hydrogen) atoms. The SMILES string of the molecule is COCCCCCCOc1ccc(-c2nnc(-c3ccc(C(=O)NC4C[C@@H](O)CNC(=O)[C@@H]5[C@@H](O)[C@@H](C)CN5C(=O)[C@H]([C@H](O)CCNC(CO)CO)NC(=O)[C@H]([C@H](O)Cc5ccc(O)c(OS(O)(O)O)c5)NC(=O)[C@@H]5C[C@@H](O)CN5C(=O)[C@H]([C@@H](C)O)NC4=O)cc3)s2)cc1. The zero-order valence-corrected chi connectivity index (χ0v) is 53.4. The molecule has 0 saturated carbocycles. The molecule has 3 aliphatic heterocycles. The molecule has 1 unspecified atom stereocenters. The predicted molar refractivity (Wildman–Crippen MR) is 336 cm³/mol. The smallest absolute Gasteiger partial charge is 0.266 e. The van der Waals surface area contributed by atoms with E-state index in [0.717, 1.165) is 72.8 Å². The van der Waals surface area contributed by atoms with Gasteiger partial charge in [-0.05, 0) is 93.2 Å². The number of phenolic OH excluding ortho intramolecular Hbond substituents is 1. The van der Waals surface area contributed by atoms with Gasteiger partial charge in [-0.2, -0.15) is 0 Å². The van der Waals surface area contributed by atoms with Gasteiger partial charge in [0.15, 0.2) is 11.5 Å². The molecule has 0 radical (unpaired) electrons. The van der Waals surface area contributed by atoms with Crippen LogP contribution >= 0.6 is 22.5 Å². The van der Waals surface area contributed by atoms with Crippen molar-refractivity contribution in [2.24, 2.45) is 5.92 Å². The largest absolute Gasteiger partial charge is 0.504 e. The zero-order chi connectivity index (χ0) is 68.6. The summed E-state index contributed by atoms with van der Waals surface area (Å²) >= 11 is -3.46. The molecule has 3 aliphatic rings. The Morgan fingerprint density at radius 1 is 0.734 bits per heavy atom. The molecule has 34 heteroatoms. The van der Waals surface area contributed by atoms with Crippen LogP contribution < -0.4 is 40.8 Å². The molecule has 7 amide bonds. The second-order valence-electron chi connectivity index (χ2n) is 23.4. The Balaban J connectivity index is 1.18. The number of phenols is 1. The fourth-order valence-corrected chi connectivity index (χ4v) is 12.2. The lowest BCUT2D eigenvalue weighted by atomic mass is 9.98. The highest BCUT2D eigenvalue weighted by atomic mass is 32.3. The van der Waals surface area contributed by atoms with Crippen LogP contribution in [0.15, 0.2) is 66.7 Å². The summed E-state index contributed by atoms with van der Waals surface area (Å²) in [6.45, 7) is 0.796. The number of β-amino-alcohol motifs (C(OH)–C–C–N with tert-alkyl or cyclic N) is 1. The van der Waals surface area contributed by atoms with Crippen molar-refractivity contribution in [3.8, 4) is 38.4 Å². The molecule has 7 rings (SSSR count). The minimum atomic E-state index is -4.74. The van der Waals surface area contributed by atoms with E-state index in [-0.39, 0.29) is 17.7 Å². The first-order valence-corrected chi connectivity index (χ1v) is 32.8. The molecule has 3 aromatic carbocycles. The molecule has 1 aromatic heterocycles. The van der Waals surface area contributed by atoms with E-state index in [1.165, 1.54) is 30.4 Å². The third-order valence-corrected chi connectivity index (χ3v) is 17.6. The molecule has 0 aliphatic carbocycles. The molecular formula is C60H84N10O22S2. The first-order valence-electron chi connectivity index (χ1n) is 30.5. The number of aliphatic hydroxyl groups excluding tert-OH is 8. The third-order valence-electron chi connectivity index (χ3n) is 16.2. The fraction of sp³-hybridized carbons (Fsp3) is 0.550. The summed E-state index contributed by atoms with van der Waals surface area (Å²) in [5, 5.41) is 123. The van der Waals surface area contributed by atoms with Gasteiger partial charge in [0.25, 0.3) is 17.1 Å². The van der Waals surface area contributed by atoms with Gasteiger partial charge >= 0.3 is 0 Å². The van der Waals surface area contributed by atoms with Crippen molar-refractivity contribution in [1.29, 1.82) is 0 Å². The zero-order valence-electron chi connectivity index (χ0n) is 51.8. The lowest BCUT2D eigenvalue weighted by Gasteiger charge is -2.34. The van der Waals surface area contributed by atoms with Gasteiger partial charge in [0.1, 0.15) is 52.0 Å². The number of methoxy groups -OCH3 is 1. The van der Waals surface area contributed by atoms with E-state index >= 15 is 0 Å². The summed E-state index contributed by atoms with van der Waals surface area (Å²) in [5.41, 5.74) is 1.28. The number of hydrogen-bond acceptors (Lipinski definition) is 26. The highest BCUT2D eigenvalue weighted by molar-refractivity contribution is 8.15. The number of amides is 7. The van der Waals surface area contributed by atoms with Crippen molar-refractivity contribution in [3.63, 3.8) is 0 Å². The number of hydrogen-bond donors (Lipinski definition) is 18. The van der Waals surface area contributed by atoms with Crippen LogP contribution in [-0.4, -0.2) is 260 Å². The van der Waals surface area contributed by atoms with E-state index in [4.69, 9.17) is 9.47 Å². The molecular weight excluding hydrogens is 1280 g/mol. The van der Waals surface area contributed by atoms with Crippen molar-refractivity contribution in [2.45, 2.75) is 144 Å². The number of aromatic nitrogens is 2. The molecule has 3 fully saturated rings. The van der Waals surface area contributed by atoms with Gasteiger partial charge in [-0.1, -0.05) is 42.9 Å². The van der Waals surface area contributed by atoms with E-state index in [9.17, 15) is 93.2 Å². The molecule has 4 aromatic rings. The summed E-state index contributed by atoms with van der Waals surface area (Å²) in [6.07, 6.45) is -9.13. The number of carbonyl (C=O) groups excluding carboxylic acids is 7. The van der Waals surface area contributed by atoms with Crippen molar-refractivity contribution < 1.29 is 107 Å². The highest BCUT2D eigenvalue weighted by Crippen LogP contribution is 2.41. The summed E-state index contributed by atoms with van der Waals surface area (Å²) < 4.78 is 44.3. The molecule has 0 spiro atoms. The average molecular weight is 1360 g/mol. The first-order chi connectivity index (χ1) is 44.7. The molecule has 32 nitrogen and oxygen atoms in total. The second-order valence-corrected chi connectivity index (χ2v) is 25.5. The van der Waals surface area contributed by atoms with Crippen molar-refractivity contribution >= 4 is 63.8 Å². The van der Waals surface area contributed by atoms with Crippen LogP contribution in [0.5, 0.6) is 17.2 Å². The van der Waals surface area contributed by atoms with E-state index < -0.39 is 207 Å².